The number of piperazine rings is 1. The number of hydrogen-bond donors (Lipinski definition) is 1. The number of aliphatic hydroxyl groups excluding tert-OH is 1. The number of thioether (sulfide) groups is 2. The van der Waals surface area contributed by atoms with Gasteiger partial charge in [-0.15, -0.1) is 29.4 Å². The van der Waals surface area contributed by atoms with Crippen LogP contribution in [0, 0.1) is 11.8 Å². The Morgan fingerprint density at radius 1 is 1.00 bits per heavy atom. The zero-order valence-electron chi connectivity index (χ0n) is 12.2. The Balaban J connectivity index is 1.53. The van der Waals surface area contributed by atoms with E-state index in [1.807, 2.05) is 0 Å². The molecule has 0 radical (unpaired) electrons. The van der Waals surface area contributed by atoms with Crippen LogP contribution in [0.15, 0.2) is 0 Å². The van der Waals surface area contributed by atoms with Gasteiger partial charge in [0.2, 0.25) is 0 Å². The van der Waals surface area contributed by atoms with Crippen molar-refractivity contribution in [3.05, 3.63) is 0 Å². The summed E-state index contributed by atoms with van der Waals surface area (Å²) < 4.78 is 0.792. The van der Waals surface area contributed by atoms with E-state index in [1.165, 1.54) is 24.3 Å². The van der Waals surface area contributed by atoms with E-state index in [2.05, 4.69) is 45.2 Å². The lowest BCUT2D eigenvalue weighted by molar-refractivity contribution is 0.121. The van der Waals surface area contributed by atoms with Crippen LogP contribution in [0.25, 0.3) is 0 Å². The van der Waals surface area contributed by atoms with E-state index in [9.17, 15) is 0 Å². The molecule has 2 fully saturated rings. The molecule has 2 heterocycles. The molecule has 0 aromatic carbocycles. The Morgan fingerprint density at radius 3 is 2.40 bits per heavy atom. The SMILES string of the molecule is OCCN1CCN(CC#CCCC2SCCCS2)CC1. The lowest BCUT2D eigenvalue weighted by Crippen LogP contribution is -2.47. The van der Waals surface area contributed by atoms with Crippen molar-refractivity contribution in [3.63, 3.8) is 0 Å². The fraction of sp³-hybridized carbons (Fsp3) is 0.867. The van der Waals surface area contributed by atoms with Gasteiger partial charge in [-0.2, -0.15) is 0 Å². The summed E-state index contributed by atoms with van der Waals surface area (Å²) in [7, 11) is 0. The van der Waals surface area contributed by atoms with Gasteiger partial charge in [0.1, 0.15) is 0 Å². The molecule has 0 amide bonds. The van der Waals surface area contributed by atoms with E-state index < -0.39 is 0 Å². The average molecular weight is 315 g/mol. The van der Waals surface area contributed by atoms with Gasteiger partial charge in [0.25, 0.3) is 0 Å². The Bertz CT molecular complexity index is 316. The third-order valence-electron chi connectivity index (χ3n) is 3.71. The van der Waals surface area contributed by atoms with E-state index >= 15 is 0 Å². The molecule has 114 valence electrons. The Hall–Kier alpha value is 0.140. The zero-order chi connectivity index (χ0) is 14.0. The fourth-order valence-electron chi connectivity index (χ4n) is 2.46. The van der Waals surface area contributed by atoms with Crippen LogP contribution in [0.3, 0.4) is 0 Å². The highest BCUT2D eigenvalue weighted by atomic mass is 32.2. The van der Waals surface area contributed by atoms with Crippen LogP contribution in [0.5, 0.6) is 0 Å². The van der Waals surface area contributed by atoms with Crippen molar-refractivity contribution >= 4 is 23.5 Å². The van der Waals surface area contributed by atoms with Gasteiger partial charge in [0.05, 0.1) is 17.7 Å². The molecular formula is C15H26N2OS2. The zero-order valence-corrected chi connectivity index (χ0v) is 13.9. The number of nitrogens with zero attached hydrogens (tertiary/aromatic N) is 2. The van der Waals surface area contributed by atoms with Gasteiger partial charge in [0.15, 0.2) is 0 Å². The topological polar surface area (TPSA) is 26.7 Å². The summed E-state index contributed by atoms with van der Waals surface area (Å²) in [6, 6.07) is 0. The Labute approximate surface area is 131 Å². The molecule has 20 heavy (non-hydrogen) atoms. The molecule has 0 aromatic heterocycles. The van der Waals surface area contributed by atoms with Crippen molar-refractivity contribution in [1.82, 2.24) is 9.80 Å². The van der Waals surface area contributed by atoms with E-state index in [-0.39, 0.29) is 6.61 Å². The average Bonchev–Trinajstić information content (AvgIpc) is 2.50. The van der Waals surface area contributed by atoms with Crippen LogP contribution in [-0.2, 0) is 0 Å². The Kier molecular flexibility index (Phi) is 8.23. The van der Waals surface area contributed by atoms with Crippen LogP contribution in [0.4, 0.5) is 0 Å². The second kappa shape index (κ2) is 9.97. The lowest BCUT2D eigenvalue weighted by atomic mass is 10.3. The van der Waals surface area contributed by atoms with E-state index in [0.29, 0.717) is 0 Å². The van der Waals surface area contributed by atoms with Gasteiger partial charge in [-0.3, -0.25) is 9.80 Å². The van der Waals surface area contributed by atoms with Crippen LogP contribution < -0.4 is 0 Å². The molecule has 2 rings (SSSR count). The van der Waals surface area contributed by atoms with Crippen LogP contribution in [0.1, 0.15) is 19.3 Å². The van der Waals surface area contributed by atoms with Crippen molar-refractivity contribution < 1.29 is 5.11 Å². The monoisotopic (exact) mass is 314 g/mol. The highest BCUT2D eigenvalue weighted by Crippen LogP contribution is 2.33. The summed E-state index contributed by atoms with van der Waals surface area (Å²) in [6.45, 7) is 6.31. The minimum absolute atomic E-state index is 0.275. The Morgan fingerprint density at radius 2 is 1.70 bits per heavy atom. The van der Waals surface area contributed by atoms with Gasteiger partial charge >= 0.3 is 0 Å². The molecule has 0 unspecified atom stereocenters. The summed E-state index contributed by atoms with van der Waals surface area (Å²) in [6.07, 6.45) is 3.67. The predicted octanol–water partition coefficient (Wildman–Crippen LogP) is 1.58. The summed E-state index contributed by atoms with van der Waals surface area (Å²) in [5.74, 6) is 9.35. The maximum atomic E-state index is 8.91. The largest absolute Gasteiger partial charge is 0.395 e. The maximum absolute atomic E-state index is 8.91. The van der Waals surface area contributed by atoms with Crippen LogP contribution >= 0.6 is 23.5 Å². The predicted molar refractivity (Wildman–Crippen MR) is 90.3 cm³/mol. The van der Waals surface area contributed by atoms with Gasteiger partial charge in [-0.25, -0.2) is 0 Å². The van der Waals surface area contributed by atoms with E-state index in [4.69, 9.17) is 5.11 Å². The molecular weight excluding hydrogens is 288 g/mol. The number of β-amino-alcohol motifs (C(OH)–C–C–N with tert-alkyl or cyclic N) is 1. The molecule has 2 aliphatic heterocycles. The first kappa shape index (κ1) is 16.5. The fourth-order valence-corrected chi connectivity index (χ4v) is 5.32. The van der Waals surface area contributed by atoms with Crippen molar-refractivity contribution in [2.45, 2.75) is 23.8 Å². The van der Waals surface area contributed by atoms with Crippen LogP contribution in [0.2, 0.25) is 0 Å². The van der Waals surface area contributed by atoms with Crippen molar-refractivity contribution in [1.29, 1.82) is 0 Å². The number of hydrogen-bond acceptors (Lipinski definition) is 5. The minimum atomic E-state index is 0.275. The van der Waals surface area contributed by atoms with Gasteiger partial charge in [-0.05, 0) is 24.3 Å². The second-order valence-corrected chi connectivity index (χ2v) is 8.18. The smallest absolute Gasteiger partial charge is 0.0602 e. The molecule has 2 aliphatic rings. The van der Waals surface area contributed by atoms with Gasteiger partial charge < -0.3 is 5.11 Å². The molecule has 0 aliphatic carbocycles. The summed E-state index contributed by atoms with van der Waals surface area (Å²) >= 11 is 4.23. The molecule has 0 spiro atoms. The van der Waals surface area contributed by atoms with Crippen molar-refractivity contribution in [2.75, 3.05) is 57.4 Å². The molecule has 0 bridgehead atoms. The first-order chi connectivity index (χ1) is 9.88. The van der Waals surface area contributed by atoms with Crippen molar-refractivity contribution in [2.24, 2.45) is 0 Å². The highest BCUT2D eigenvalue weighted by Gasteiger charge is 2.15. The van der Waals surface area contributed by atoms with Crippen molar-refractivity contribution in [3.8, 4) is 11.8 Å². The molecule has 0 atom stereocenters. The lowest BCUT2D eigenvalue weighted by Gasteiger charge is -2.33. The maximum Gasteiger partial charge on any atom is 0.0602 e. The number of rotatable bonds is 5. The molecule has 5 heteroatoms. The minimum Gasteiger partial charge on any atom is -0.395 e. The second-order valence-electron chi connectivity index (χ2n) is 5.26. The highest BCUT2D eigenvalue weighted by molar-refractivity contribution is 8.17. The third-order valence-corrected chi connectivity index (χ3v) is 6.79. The molecule has 1 N–H and O–H groups in total. The molecule has 2 saturated heterocycles. The van der Waals surface area contributed by atoms with Gasteiger partial charge in [-0.1, -0.05) is 5.92 Å². The molecule has 0 saturated carbocycles. The van der Waals surface area contributed by atoms with E-state index in [1.54, 1.807) is 0 Å². The number of aliphatic hydroxyl groups is 1. The molecule has 3 nitrogen and oxygen atoms in total. The summed E-state index contributed by atoms with van der Waals surface area (Å²) in [5.41, 5.74) is 0. The third kappa shape index (κ3) is 6.28. The quantitative estimate of drug-likeness (QED) is 0.778. The first-order valence-corrected chi connectivity index (χ1v) is 9.73. The summed E-state index contributed by atoms with van der Waals surface area (Å²) in [4.78, 5) is 4.74. The normalized spacial score (nSPS) is 22.4. The van der Waals surface area contributed by atoms with E-state index in [0.717, 1.165) is 50.3 Å². The molecule has 0 aromatic rings. The summed E-state index contributed by atoms with van der Waals surface area (Å²) in [5, 5.41) is 8.91. The van der Waals surface area contributed by atoms with Gasteiger partial charge in [0, 0.05) is 39.1 Å². The first-order valence-electron chi connectivity index (χ1n) is 7.63. The van der Waals surface area contributed by atoms with Crippen LogP contribution in [-0.4, -0.2) is 76.9 Å². The standard InChI is InChI=1S/C15H26N2OS2/c18-12-11-17-9-7-16(8-10-17)6-3-1-2-5-15-19-13-4-14-20-15/h15,18H,2,4-14H2.